The predicted octanol–water partition coefficient (Wildman–Crippen LogP) is 2.91. The summed E-state index contributed by atoms with van der Waals surface area (Å²) in [6.07, 6.45) is 4.26. The fourth-order valence-electron chi connectivity index (χ4n) is 2.74. The minimum absolute atomic E-state index is 0.243. The minimum Gasteiger partial charge on any atom is -0.355 e. The molecular weight excluding hydrogens is 330 g/mol. The minimum atomic E-state index is -0.243. The standard InChI is InChI=1S/C19H17N5O2/c25-19(15-12-17(26-23-15)14-6-2-1-3-7-14)21-10-5-11-24-13-22-18-16(24)8-4-9-20-18/h1-4,6-9,12-13H,5,10-11H2,(H,21,25). The number of nitrogens with zero attached hydrogens (tertiary/aromatic N) is 4. The number of hydrogen-bond acceptors (Lipinski definition) is 5. The van der Waals surface area contributed by atoms with E-state index in [0.29, 0.717) is 12.3 Å². The summed E-state index contributed by atoms with van der Waals surface area (Å²) in [5.41, 5.74) is 2.89. The van der Waals surface area contributed by atoms with Gasteiger partial charge in [0.2, 0.25) is 0 Å². The van der Waals surface area contributed by atoms with Crippen LogP contribution in [0.2, 0.25) is 0 Å². The summed E-state index contributed by atoms with van der Waals surface area (Å²) in [4.78, 5) is 20.7. The number of amides is 1. The van der Waals surface area contributed by atoms with Gasteiger partial charge in [0.15, 0.2) is 17.1 Å². The summed E-state index contributed by atoms with van der Waals surface area (Å²) in [6.45, 7) is 1.28. The molecule has 0 aliphatic carbocycles. The highest BCUT2D eigenvalue weighted by Gasteiger charge is 2.13. The lowest BCUT2D eigenvalue weighted by atomic mass is 10.1. The van der Waals surface area contributed by atoms with E-state index in [0.717, 1.165) is 29.7 Å². The largest absolute Gasteiger partial charge is 0.355 e. The van der Waals surface area contributed by atoms with E-state index in [9.17, 15) is 4.79 Å². The van der Waals surface area contributed by atoms with Gasteiger partial charge >= 0.3 is 0 Å². The highest BCUT2D eigenvalue weighted by atomic mass is 16.5. The summed E-state index contributed by atoms with van der Waals surface area (Å²) in [6, 6.07) is 15.1. The number of nitrogens with one attached hydrogen (secondary N) is 1. The van der Waals surface area contributed by atoms with E-state index in [1.165, 1.54) is 0 Å². The lowest BCUT2D eigenvalue weighted by Gasteiger charge is -2.05. The SMILES string of the molecule is O=C(NCCCn1cnc2ncccc21)c1cc(-c2ccccc2)on1. The van der Waals surface area contributed by atoms with Crippen LogP contribution in [0.25, 0.3) is 22.5 Å². The first-order valence-electron chi connectivity index (χ1n) is 8.37. The molecule has 26 heavy (non-hydrogen) atoms. The van der Waals surface area contributed by atoms with E-state index in [2.05, 4.69) is 20.4 Å². The van der Waals surface area contributed by atoms with Crippen molar-refractivity contribution >= 4 is 17.1 Å². The number of carbonyl (C=O) groups excluding carboxylic acids is 1. The van der Waals surface area contributed by atoms with Crippen LogP contribution >= 0.6 is 0 Å². The van der Waals surface area contributed by atoms with E-state index in [4.69, 9.17) is 4.52 Å². The van der Waals surface area contributed by atoms with Crippen molar-refractivity contribution in [1.29, 1.82) is 0 Å². The third kappa shape index (κ3) is 3.32. The van der Waals surface area contributed by atoms with Crippen molar-refractivity contribution in [2.45, 2.75) is 13.0 Å². The Hall–Kier alpha value is -3.48. The van der Waals surface area contributed by atoms with Gasteiger partial charge in [0.25, 0.3) is 5.91 Å². The van der Waals surface area contributed by atoms with Crippen molar-refractivity contribution in [3.63, 3.8) is 0 Å². The molecule has 0 unspecified atom stereocenters. The maximum atomic E-state index is 12.2. The van der Waals surface area contributed by atoms with Crippen LogP contribution in [0.1, 0.15) is 16.9 Å². The van der Waals surface area contributed by atoms with Crippen molar-refractivity contribution in [1.82, 2.24) is 25.0 Å². The van der Waals surface area contributed by atoms with Crippen LogP contribution in [-0.2, 0) is 6.54 Å². The molecule has 7 heteroatoms. The Morgan fingerprint density at radius 2 is 2.00 bits per heavy atom. The molecule has 7 nitrogen and oxygen atoms in total. The molecule has 0 aliphatic rings. The van der Waals surface area contributed by atoms with Gasteiger partial charge in [-0.05, 0) is 18.6 Å². The van der Waals surface area contributed by atoms with E-state index in [1.54, 1.807) is 18.6 Å². The van der Waals surface area contributed by atoms with E-state index >= 15 is 0 Å². The molecular formula is C19H17N5O2. The van der Waals surface area contributed by atoms with Crippen molar-refractivity contribution in [3.05, 3.63) is 66.7 Å². The van der Waals surface area contributed by atoms with Gasteiger partial charge in [-0.1, -0.05) is 35.5 Å². The topological polar surface area (TPSA) is 85.8 Å². The quantitative estimate of drug-likeness (QED) is 0.542. The number of pyridine rings is 1. The lowest BCUT2D eigenvalue weighted by Crippen LogP contribution is -2.25. The highest BCUT2D eigenvalue weighted by Crippen LogP contribution is 2.19. The highest BCUT2D eigenvalue weighted by molar-refractivity contribution is 5.93. The van der Waals surface area contributed by atoms with Gasteiger partial charge in [0, 0.05) is 30.9 Å². The molecule has 0 fully saturated rings. The van der Waals surface area contributed by atoms with E-state index in [1.807, 2.05) is 47.0 Å². The lowest BCUT2D eigenvalue weighted by molar-refractivity contribution is 0.0944. The molecule has 0 saturated heterocycles. The summed E-state index contributed by atoms with van der Waals surface area (Å²) >= 11 is 0. The molecule has 1 amide bonds. The summed E-state index contributed by atoms with van der Waals surface area (Å²) < 4.78 is 7.28. The molecule has 4 aromatic rings. The van der Waals surface area contributed by atoms with Crippen LogP contribution in [0.15, 0.2) is 65.6 Å². The smallest absolute Gasteiger partial charge is 0.273 e. The Bertz CT molecular complexity index is 1020. The van der Waals surface area contributed by atoms with Gasteiger partial charge in [0.05, 0.1) is 11.8 Å². The fraction of sp³-hybridized carbons (Fsp3) is 0.158. The van der Waals surface area contributed by atoms with Gasteiger partial charge in [-0.15, -0.1) is 0 Å². The number of benzene rings is 1. The third-order valence-corrected chi connectivity index (χ3v) is 4.06. The fourth-order valence-corrected chi connectivity index (χ4v) is 2.74. The second-order valence-electron chi connectivity index (χ2n) is 5.84. The molecule has 130 valence electrons. The van der Waals surface area contributed by atoms with Crippen molar-refractivity contribution in [2.75, 3.05) is 6.54 Å². The molecule has 1 aromatic carbocycles. The number of imidazole rings is 1. The summed E-state index contributed by atoms with van der Waals surface area (Å²) in [7, 11) is 0. The van der Waals surface area contributed by atoms with Gasteiger partial charge in [0.1, 0.15) is 0 Å². The Kier molecular flexibility index (Phi) is 4.42. The van der Waals surface area contributed by atoms with E-state index in [-0.39, 0.29) is 11.6 Å². The third-order valence-electron chi connectivity index (χ3n) is 4.06. The molecule has 0 spiro atoms. The molecule has 3 heterocycles. The zero-order valence-electron chi connectivity index (χ0n) is 14.0. The maximum absolute atomic E-state index is 12.2. The molecule has 3 aromatic heterocycles. The van der Waals surface area contributed by atoms with Crippen LogP contribution in [0.3, 0.4) is 0 Å². The van der Waals surface area contributed by atoms with Gasteiger partial charge in [-0.2, -0.15) is 0 Å². The van der Waals surface area contributed by atoms with Crippen LogP contribution in [0.4, 0.5) is 0 Å². The molecule has 0 saturated carbocycles. The van der Waals surface area contributed by atoms with E-state index < -0.39 is 0 Å². The van der Waals surface area contributed by atoms with Crippen LogP contribution < -0.4 is 5.32 Å². The Labute approximate surface area is 149 Å². The number of aryl methyl sites for hydroxylation is 1. The monoisotopic (exact) mass is 347 g/mol. The first-order chi connectivity index (χ1) is 12.8. The molecule has 0 atom stereocenters. The number of hydrogen-bond donors (Lipinski definition) is 1. The number of aromatic nitrogens is 4. The molecule has 4 rings (SSSR count). The zero-order chi connectivity index (χ0) is 17.8. The van der Waals surface area contributed by atoms with Gasteiger partial charge < -0.3 is 14.4 Å². The normalized spacial score (nSPS) is 10.9. The second kappa shape index (κ2) is 7.18. The Morgan fingerprint density at radius 3 is 2.88 bits per heavy atom. The zero-order valence-corrected chi connectivity index (χ0v) is 14.0. The average molecular weight is 347 g/mol. The Morgan fingerprint density at radius 1 is 1.12 bits per heavy atom. The predicted molar refractivity (Wildman–Crippen MR) is 96.4 cm³/mol. The maximum Gasteiger partial charge on any atom is 0.273 e. The average Bonchev–Trinajstić information content (AvgIpc) is 3.33. The summed E-state index contributed by atoms with van der Waals surface area (Å²) in [5, 5.41) is 6.71. The molecule has 1 N–H and O–H groups in total. The molecule has 0 radical (unpaired) electrons. The number of rotatable bonds is 6. The first-order valence-corrected chi connectivity index (χ1v) is 8.37. The molecule has 0 aliphatic heterocycles. The Balaban J connectivity index is 1.31. The van der Waals surface area contributed by atoms with Crippen molar-refractivity contribution in [3.8, 4) is 11.3 Å². The second-order valence-corrected chi connectivity index (χ2v) is 5.84. The van der Waals surface area contributed by atoms with Crippen molar-refractivity contribution < 1.29 is 9.32 Å². The van der Waals surface area contributed by atoms with Gasteiger partial charge in [-0.25, -0.2) is 9.97 Å². The number of carbonyl (C=O) groups is 1. The van der Waals surface area contributed by atoms with Crippen LogP contribution in [-0.4, -0.2) is 32.1 Å². The van der Waals surface area contributed by atoms with Gasteiger partial charge in [-0.3, -0.25) is 4.79 Å². The number of fused-ring (bicyclic) bond motifs is 1. The van der Waals surface area contributed by atoms with Crippen LogP contribution in [0.5, 0.6) is 0 Å². The summed E-state index contributed by atoms with van der Waals surface area (Å²) in [5.74, 6) is 0.334. The molecule has 0 bridgehead atoms. The van der Waals surface area contributed by atoms with Crippen molar-refractivity contribution in [2.24, 2.45) is 0 Å². The van der Waals surface area contributed by atoms with Crippen LogP contribution in [0, 0.1) is 0 Å². The first kappa shape index (κ1) is 16.0.